The Labute approximate surface area is 110 Å². The molecule has 2 N–H and O–H groups in total. The first kappa shape index (κ1) is 13.3. The van der Waals surface area contributed by atoms with Crippen molar-refractivity contribution in [1.29, 1.82) is 0 Å². The molecule has 1 aromatic carbocycles. The average molecular weight is 332 g/mol. The van der Waals surface area contributed by atoms with Crippen LogP contribution in [-0.4, -0.2) is 12.1 Å². The number of amides is 2. The van der Waals surface area contributed by atoms with Gasteiger partial charge in [0.1, 0.15) is 0 Å². The number of anilines is 1. The first-order valence-electron chi connectivity index (χ1n) is 5.32. The van der Waals surface area contributed by atoms with Crippen LogP contribution in [-0.2, 0) is 0 Å². The Kier molecular flexibility index (Phi) is 5.05. The number of carbonyl (C=O) groups is 1. The molecule has 0 saturated carbocycles. The second-order valence-corrected chi connectivity index (χ2v) is 5.27. The van der Waals surface area contributed by atoms with Crippen LogP contribution in [0.2, 0.25) is 0 Å². The molecule has 88 valence electrons. The molecule has 3 nitrogen and oxygen atoms in total. The van der Waals surface area contributed by atoms with Crippen molar-refractivity contribution >= 4 is 34.3 Å². The molecule has 0 heterocycles. The summed E-state index contributed by atoms with van der Waals surface area (Å²) in [7, 11) is 0. The number of hydrogen-bond acceptors (Lipinski definition) is 1. The molecular formula is C12H17IN2O. The minimum Gasteiger partial charge on any atom is -0.335 e. The van der Waals surface area contributed by atoms with Crippen LogP contribution in [0.25, 0.3) is 0 Å². The number of rotatable bonds is 3. The summed E-state index contributed by atoms with van der Waals surface area (Å²) in [5.74, 6) is 0.431. The van der Waals surface area contributed by atoms with E-state index in [0.29, 0.717) is 5.92 Å². The van der Waals surface area contributed by atoms with Crippen LogP contribution < -0.4 is 10.6 Å². The highest BCUT2D eigenvalue weighted by Crippen LogP contribution is 2.16. The SMILES string of the molecule is CC(C)[C@H](C)NC(=O)Nc1ccccc1I. The maximum absolute atomic E-state index is 11.7. The van der Waals surface area contributed by atoms with E-state index in [1.165, 1.54) is 0 Å². The summed E-state index contributed by atoms with van der Waals surface area (Å²) in [5.41, 5.74) is 0.844. The number of nitrogens with one attached hydrogen (secondary N) is 2. The summed E-state index contributed by atoms with van der Waals surface area (Å²) in [6, 6.07) is 7.72. The fourth-order valence-corrected chi connectivity index (χ4v) is 1.62. The van der Waals surface area contributed by atoms with Crippen LogP contribution in [0.5, 0.6) is 0 Å². The van der Waals surface area contributed by atoms with Crippen molar-refractivity contribution in [2.45, 2.75) is 26.8 Å². The van der Waals surface area contributed by atoms with Crippen molar-refractivity contribution in [2.75, 3.05) is 5.32 Å². The summed E-state index contributed by atoms with van der Waals surface area (Å²) in [4.78, 5) is 11.7. The minimum atomic E-state index is -0.148. The zero-order valence-corrected chi connectivity index (χ0v) is 11.9. The lowest BCUT2D eigenvalue weighted by atomic mass is 10.1. The average Bonchev–Trinajstić information content (AvgIpc) is 2.21. The summed E-state index contributed by atoms with van der Waals surface area (Å²) in [6.45, 7) is 6.16. The van der Waals surface area contributed by atoms with Crippen LogP contribution in [0.3, 0.4) is 0 Å². The molecule has 0 aliphatic heterocycles. The second kappa shape index (κ2) is 6.08. The van der Waals surface area contributed by atoms with Gasteiger partial charge in [-0.25, -0.2) is 4.79 Å². The van der Waals surface area contributed by atoms with E-state index in [1.54, 1.807) is 0 Å². The Hall–Kier alpha value is -0.780. The van der Waals surface area contributed by atoms with Gasteiger partial charge in [0.05, 0.1) is 5.69 Å². The van der Waals surface area contributed by atoms with Gasteiger partial charge < -0.3 is 10.6 Å². The Morgan fingerprint density at radius 3 is 2.44 bits per heavy atom. The van der Waals surface area contributed by atoms with E-state index in [1.807, 2.05) is 31.2 Å². The van der Waals surface area contributed by atoms with Crippen LogP contribution in [0, 0.1) is 9.49 Å². The molecule has 0 aliphatic carbocycles. The number of hydrogen-bond donors (Lipinski definition) is 2. The zero-order valence-electron chi connectivity index (χ0n) is 9.75. The number of benzene rings is 1. The molecule has 0 unspecified atom stereocenters. The Morgan fingerprint density at radius 1 is 1.25 bits per heavy atom. The predicted molar refractivity (Wildman–Crippen MR) is 75.6 cm³/mol. The lowest BCUT2D eigenvalue weighted by Crippen LogP contribution is -2.39. The van der Waals surface area contributed by atoms with Gasteiger partial charge in [-0.15, -0.1) is 0 Å². The fraction of sp³-hybridized carbons (Fsp3) is 0.417. The quantitative estimate of drug-likeness (QED) is 0.818. The number of urea groups is 1. The largest absolute Gasteiger partial charge is 0.335 e. The predicted octanol–water partition coefficient (Wildman–Crippen LogP) is 3.46. The molecule has 16 heavy (non-hydrogen) atoms. The molecule has 0 fully saturated rings. The summed E-state index contributed by atoms with van der Waals surface area (Å²) in [6.07, 6.45) is 0. The molecule has 0 radical (unpaired) electrons. The van der Waals surface area contributed by atoms with Gasteiger partial charge in [0.25, 0.3) is 0 Å². The lowest BCUT2D eigenvalue weighted by molar-refractivity contribution is 0.246. The first-order valence-corrected chi connectivity index (χ1v) is 6.40. The van der Waals surface area contributed by atoms with E-state index >= 15 is 0 Å². The Morgan fingerprint density at radius 2 is 1.88 bits per heavy atom. The van der Waals surface area contributed by atoms with Crippen LogP contribution in [0.1, 0.15) is 20.8 Å². The standard InChI is InChI=1S/C12H17IN2O/c1-8(2)9(3)14-12(16)15-11-7-5-4-6-10(11)13/h4-9H,1-3H3,(H2,14,15,16)/t9-/m0/s1. The van der Waals surface area contributed by atoms with E-state index < -0.39 is 0 Å². The maximum Gasteiger partial charge on any atom is 0.319 e. The van der Waals surface area contributed by atoms with Gasteiger partial charge in [-0.05, 0) is 47.6 Å². The molecule has 1 aromatic rings. The molecule has 1 rings (SSSR count). The maximum atomic E-state index is 11.7. The molecule has 0 spiro atoms. The van der Waals surface area contributed by atoms with Gasteiger partial charge in [0, 0.05) is 9.61 Å². The van der Waals surface area contributed by atoms with Crippen molar-refractivity contribution < 1.29 is 4.79 Å². The second-order valence-electron chi connectivity index (χ2n) is 4.11. The molecule has 0 bridgehead atoms. The normalized spacial score (nSPS) is 12.3. The molecule has 0 aromatic heterocycles. The Balaban J connectivity index is 2.55. The minimum absolute atomic E-state index is 0.148. The van der Waals surface area contributed by atoms with Gasteiger partial charge in [0.2, 0.25) is 0 Å². The summed E-state index contributed by atoms with van der Waals surface area (Å²) in [5, 5.41) is 5.74. The van der Waals surface area contributed by atoms with Gasteiger partial charge >= 0.3 is 6.03 Å². The third kappa shape index (κ3) is 4.00. The van der Waals surface area contributed by atoms with Gasteiger partial charge in [-0.3, -0.25) is 0 Å². The van der Waals surface area contributed by atoms with Crippen molar-refractivity contribution in [3.63, 3.8) is 0 Å². The lowest BCUT2D eigenvalue weighted by Gasteiger charge is -2.18. The molecule has 2 amide bonds. The highest BCUT2D eigenvalue weighted by molar-refractivity contribution is 14.1. The highest BCUT2D eigenvalue weighted by Gasteiger charge is 2.11. The van der Waals surface area contributed by atoms with Gasteiger partial charge in [-0.2, -0.15) is 0 Å². The van der Waals surface area contributed by atoms with Crippen molar-refractivity contribution in [2.24, 2.45) is 5.92 Å². The van der Waals surface area contributed by atoms with Gasteiger partial charge in [-0.1, -0.05) is 26.0 Å². The van der Waals surface area contributed by atoms with E-state index in [2.05, 4.69) is 47.1 Å². The van der Waals surface area contributed by atoms with E-state index in [0.717, 1.165) is 9.26 Å². The number of para-hydroxylation sites is 1. The molecule has 4 heteroatoms. The number of halogens is 1. The molecular weight excluding hydrogens is 315 g/mol. The van der Waals surface area contributed by atoms with Crippen LogP contribution >= 0.6 is 22.6 Å². The van der Waals surface area contributed by atoms with E-state index in [-0.39, 0.29) is 12.1 Å². The van der Waals surface area contributed by atoms with Crippen molar-refractivity contribution in [3.8, 4) is 0 Å². The topological polar surface area (TPSA) is 41.1 Å². The summed E-state index contributed by atoms with van der Waals surface area (Å²) < 4.78 is 1.03. The van der Waals surface area contributed by atoms with Crippen LogP contribution in [0.15, 0.2) is 24.3 Å². The third-order valence-electron chi connectivity index (χ3n) is 2.48. The smallest absolute Gasteiger partial charge is 0.319 e. The summed E-state index contributed by atoms with van der Waals surface area (Å²) >= 11 is 2.20. The highest BCUT2D eigenvalue weighted by atomic mass is 127. The van der Waals surface area contributed by atoms with Crippen LogP contribution in [0.4, 0.5) is 10.5 Å². The monoisotopic (exact) mass is 332 g/mol. The molecule has 0 aliphatic rings. The zero-order chi connectivity index (χ0) is 12.1. The van der Waals surface area contributed by atoms with E-state index in [4.69, 9.17) is 0 Å². The van der Waals surface area contributed by atoms with Crippen molar-refractivity contribution in [3.05, 3.63) is 27.8 Å². The Bertz CT molecular complexity index is 366. The number of carbonyl (C=O) groups excluding carboxylic acids is 1. The van der Waals surface area contributed by atoms with Crippen molar-refractivity contribution in [1.82, 2.24) is 5.32 Å². The first-order chi connectivity index (χ1) is 7.50. The molecule has 0 saturated heterocycles. The van der Waals surface area contributed by atoms with Gasteiger partial charge in [0.15, 0.2) is 0 Å². The molecule has 1 atom stereocenters. The fourth-order valence-electron chi connectivity index (χ4n) is 1.09. The van der Waals surface area contributed by atoms with E-state index in [9.17, 15) is 4.79 Å². The third-order valence-corrected chi connectivity index (χ3v) is 3.42.